The van der Waals surface area contributed by atoms with Crippen LogP contribution in [-0.4, -0.2) is 26.0 Å². The Morgan fingerprint density at radius 3 is 2.84 bits per heavy atom. The molecule has 0 atom stereocenters. The molecular weight excluding hydrogens is 322 g/mol. The van der Waals surface area contributed by atoms with E-state index in [-0.39, 0.29) is 24.8 Å². The van der Waals surface area contributed by atoms with Gasteiger partial charge in [0.1, 0.15) is 11.4 Å². The number of pyridine rings is 1. The van der Waals surface area contributed by atoms with E-state index in [0.29, 0.717) is 22.8 Å². The van der Waals surface area contributed by atoms with Gasteiger partial charge in [0.15, 0.2) is 5.76 Å². The van der Waals surface area contributed by atoms with Crippen molar-refractivity contribution in [3.63, 3.8) is 0 Å². The van der Waals surface area contributed by atoms with Crippen LogP contribution in [0.3, 0.4) is 0 Å². The van der Waals surface area contributed by atoms with Crippen LogP contribution in [0.2, 0.25) is 0 Å². The summed E-state index contributed by atoms with van der Waals surface area (Å²) in [6.45, 7) is 1.93. The van der Waals surface area contributed by atoms with E-state index in [1.165, 1.54) is 12.3 Å². The Morgan fingerprint density at radius 1 is 1.28 bits per heavy atom. The second-order valence-corrected chi connectivity index (χ2v) is 5.38. The molecule has 0 saturated carbocycles. The van der Waals surface area contributed by atoms with Crippen molar-refractivity contribution in [2.24, 2.45) is 0 Å². The molecule has 3 heterocycles. The molecule has 3 rings (SSSR count). The normalized spacial score (nSPS) is 10.6. The third-order valence-electron chi connectivity index (χ3n) is 3.59. The maximum Gasteiger partial charge on any atom is 0.270 e. The zero-order chi connectivity index (χ0) is 17.8. The molecule has 0 spiro atoms. The average Bonchev–Trinajstić information content (AvgIpc) is 3.15. The lowest BCUT2D eigenvalue weighted by Gasteiger charge is -2.09. The van der Waals surface area contributed by atoms with Gasteiger partial charge in [0.05, 0.1) is 30.8 Å². The third kappa shape index (κ3) is 3.81. The van der Waals surface area contributed by atoms with Gasteiger partial charge in [-0.3, -0.25) is 9.78 Å². The lowest BCUT2D eigenvalue weighted by molar-refractivity contribution is 0.0945. The van der Waals surface area contributed by atoms with Crippen molar-refractivity contribution in [2.45, 2.75) is 20.1 Å². The van der Waals surface area contributed by atoms with Gasteiger partial charge in [0, 0.05) is 0 Å². The van der Waals surface area contributed by atoms with Crippen LogP contribution in [0.4, 0.5) is 5.95 Å². The Hall–Kier alpha value is -3.26. The summed E-state index contributed by atoms with van der Waals surface area (Å²) in [5.74, 6) is 0.0736. The molecule has 8 nitrogen and oxygen atoms in total. The number of furan rings is 1. The number of hydrogen-bond acceptors (Lipinski definition) is 7. The standard InChI is InChI=1S/C17H17N5O3/c1-10-4-5-11(9-23)20-14(10)8-19-16(24)13-7-12(21-17(18)22-13)15-3-2-6-25-15/h2-7,23H,8-9H2,1H3,(H,19,24)(H2,18,21,22). The molecule has 8 heteroatoms. The number of rotatable bonds is 5. The van der Waals surface area contributed by atoms with Crippen LogP contribution in [0.15, 0.2) is 41.0 Å². The second-order valence-electron chi connectivity index (χ2n) is 5.38. The van der Waals surface area contributed by atoms with E-state index in [1.54, 1.807) is 18.2 Å². The Morgan fingerprint density at radius 2 is 2.12 bits per heavy atom. The van der Waals surface area contributed by atoms with Crippen molar-refractivity contribution in [2.75, 3.05) is 5.73 Å². The number of aliphatic hydroxyl groups excluding tert-OH is 1. The number of aliphatic hydroxyl groups is 1. The molecule has 4 N–H and O–H groups in total. The summed E-state index contributed by atoms with van der Waals surface area (Å²) in [6, 6.07) is 8.53. The van der Waals surface area contributed by atoms with E-state index in [9.17, 15) is 9.90 Å². The molecule has 0 bridgehead atoms. The fourth-order valence-electron chi connectivity index (χ4n) is 2.27. The molecular formula is C17H17N5O3. The van der Waals surface area contributed by atoms with Crippen molar-refractivity contribution in [3.05, 3.63) is 59.2 Å². The number of hydrogen-bond donors (Lipinski definition) is 3. The Balaban J connectivity index is 1.78. The molecule has 0 fully saturated rings. The maximum atomic E-state index is 12.4. The summed E-state index contributed by atoms with van der Waals surface area (Å²) in [6.07, 6.45) is 1.51. The highest BCUT2D eigenvalue weighted by atomic mass is 16.3. The number of nitrogen functional groups attached to an aromatic ring is 1. The number of nitrogens with zero attached hydrogens (tertiary/aromatic N) is 3. The van der Waals surface area contributed by atoms with Crippen molar-refractivity contribution >= 4 is 11.9 Å². The predicted molar refractivity (Wildman–Crippen MR) is 90.2 cm³/mol. The van der Waals surface area contributed by atoms with Gasteiger partial charge in [-0.25, -0.2) is 9.97 Å². The fraction of sp³-hybridized carbons (Fsp3) is 0.176. The van der Waals surface area contributed by atoms with Crippen LogP contribution < -0.4 is 11.1 Å². The smallest absolute Gasteiger partial charge is 0.270 e. The molecule has 128 valence electrons. The van der Waals surface area contributed by atoms with Gasteiger partial charge < -0.3 is 20.6 Å². The van der Waals surface area contributed by atoms with Gasteiger partial charge in [0.25, 0.3) is 5.91 Å². The van der Waals surface area contributed by atoms with E-state index in [4.69, 9.17) is 10.2 Å². The molecule has 0 aliphatic rings. The Labute approximate surface area is 143 Å². The lowest BCUT2D eigenvalue weighted by Crippen LogP contribution is -2.25. The van der Waals surface area contributed by atoms with Crippen molar-refractivity contribution in [1.29, 1.82) is 0 Å². The predicted octanol–water partition coefficient (Wildman–Crippen LogP) is 1.44. The van der Waals surface area contributed by atoms with Crippen LogP contribution in [0, 0.1) is 6.92 Å². The van der Waals surface area contributed by atoms with E-state index in [1.807, 2.05) is 13.0 Å². The molecule has 0 unspecified atom stereocenters. The second kappa shape index (κ2) is 7.10. The Kier molecular flexibility index (Phi) is 4.71. The van der Waals surface area contributed by atoms with Gasteiger partial charge >= 0.3 is 0 Å². The number of anilines is 1. The quantitative estimate of drug-likeness (QED) is 0.642. The van der Waals surface area contributed by atoms with Crippen LogP contribution in [0.25, 0.3) is 11.5 Å². The highest BCUT2D eigenvalue weighted by molar-refractivity contribution is 5.93. The number of nitrogens with one attached hydrogen (secondary N) is 1. The van der Waals surface area contributed by atoms with Crippen LogP contribution in [0.5, 0.6) is 0 Å². The summed E-state index contributed by atoms with van der Waals surface area (Å²) in [7, 11) is 0. The number of nitrogens with two attached hydrogens (primary N) is 1. The number of aryl methyl sites for hydroxylation is 1. The van der Waals surface area contributed by atoms with E-state index < -0.39 is 5.91 Å². The van der Waals surface area contributed by atoms with Crippen molar-refractivity contribution in [1.82, 2.24) is 20.3 Å². The Bertz CT molecular complexity index is 893. The fourth-order valence-corrected chi connectivity index (χ4v) is 2.27. The minimum absolute atomic E-state index is 0.0179. The van der Waals surface area contributed by atoms with Gasteiger partial charge in [-0.2, -0.15) is 0 Å². The van der Waals surface area contributed by atoms with Gasteiger partial charge in [-0.15, -0.1) is 0 Å². The summed E-state index contributed by atoms with van der Waals surface area (Å²) < 4.78 is 5.27. The third-order valence-corrected chi connectivity index (χ3v) is 3.59. The van der Waals surface area contributed by atoms with Crippen molar-refractivity contribution < 1.29 is 14.3 Å². The minimum atomic E-state index is -0.405. The first kappa shape index (κ1) is 16.6. The monoisotopic (exact) mass is 339 g/mol. The number of aromatic nitrogens is 3. The molecule has 1 amide bonds. The molecule has 25 heavy (non-hydrogen) atoms. The SMILES string of the molecule is Cc1ccc(CO)nc1CNC(=O)c1cc(-c2ccco2)nc(N)n1. The molecule has 3 aromatic rings. The molecule has 0 aliphatic carbocycles. The molecule has 0 radical (unpaired) electrons. The first-order chi connectivity index (χ1) is 12.1. The summed E-state index contributed by atoms with van der Waals surface area (Å²) in [5, 5.41) is 11.9. The zero-order valence-electron chi connectivity index (χ0n) is 13.6. The highest BCUT2D eigenvalue weighted by Gasteiger charge is 2.14. The summed E-state index contributed by atoms with van der Waals surface area (Å²) in [4.78, 5) is 24.7. The highest BCUT2D eigenvalue weighted by Crippen LogP contribution is 2.19. The van der Waals surface area contributed by atoms with Crippen molar-refractivity contribution in [3.8, 4) is 11.5 Å². The summed E-state index contributed by atoms with van der Waals surface area (Å²) in [5.41, 5.74) is 8.38. The molecule has 0 saturated heterocycles. The molecule has 0 aromatic carbocycles. The van der Waals surface area contributed by atoms with E-state index in [0.717, 1.165) is 5.56 Å². The lowest BCUT2D eigenvalue weighted by atomic mass is 10.2. The number of amides is 1. The van der Waals surface area contributed by atoms with E-state index >= 15 is 0 Å². The van der Waals surface area contributed by atoms with Gasteiger partial charge in [0.2, 0.25) is 5.95 Å². The van der Waals surface area contributed by atoms with Crippen LogP contribution in [-0.2, 0) is 13.2 Å². The average molecular weight is 339 g/mol. The first-order valence-corrected chi connectivity index (χ1v) is 7.59. The topological polar surface area (TPSA) is 127 Å². The maximum absolute atomic E-state index is 12.4. The van der Waals surface area contributed by atoms with E-state index in [2.05, 4.69) is 20.3 Å². The van der Waals surface area contributed by atoms with Crippen LogP contribution >= 0.6 is 0 Å². The largest absolute Gasteiger partial charge is 0.463 e. The molecule has 3 aromatic heterocycles. The minimum Gasteiger partial charge on any atom is -0.463 e. The number of carbonyl (C=O) groups excluding carboxylic acids is 1. The summed E-state index contributed by atoms with van der Waals surface area (Å²) >= 11 is 0. The van der Waals surface area contributed by atoms with Gasteiger partial charge in [-0.05, 0) is 36.8 Å². The van der Waals surface area contributed by atoms with Gasteiger partial charge in [-0.1, -0.05) is 6.07 Å². The first-order valence-electron chi connectivity index (χ1n) is 7.59. The molecule has 0 aliphatic heterocycles. The zero-order valence-corrected chi connectivity index (χ0v) is 13.6. The van der Waals surface area contributed by atoms with Crippen LogP contribution in [0.1, 0.15) is 27.4 Å². The number of carbonyl (C=O) groups is 1.